The third kappa shape index (κ3) is 6.14. The molecule has 1 fully saturated rings. The summed E-state index contributed by atoms with van der Waals surface area (Å²) in [6, 6.07) is 10.6. The second-order valence-electron chi connectivity index (χ2n) is 7.63. The molecule has 1 atom stereocenters. The maximum absolute atomic E-state index is 12.5. The average Bonchev–Trinajstić information content (AvgIpc) is 2.75. The standard InChI is InChI=1S/C23H24Cl2N2O5/c1-14(28)27-11-9-17(10-12-27)32-16-7-5-15(6-8-16)13-20(23(30)31)26-22(29)21-18(24)3-2-4-19(21)25/h2-8,17,20H,9-13H2,1H3,(H,26,29)(H,30,31)/t20-/m0/s1. The summed E-state index contributed by atoms with van der Waals surface area (Å²) in [6.07, 6.45) is 1.64. The van der Waals surface area contributed by atoms with E-state index >= 15 is 0 Å². The van der Waals surface area contributed by atoms with Gasteiger partial charge < -0.3 is 20.1 Å². The molecule has 1 heterocycles. The minimum Gasteiger partial charge on any atom is -0.490 e. The molecule has 170 valence electrons. The number of benzene rings is 2. The SMILES string of the molecule is CC(=O)N1CCC(Oc2ccc(C[C@H](NC(=O)c3c(Cl)cccc3Cl)C(=O)O)cc2)CC1. The van der Waals surface area contributed by atoms with Crippen molar-refractivity contribution in [3.63, 3.8) is 0 Å². The molecule has 3 rings (SSSR count). The number of rotatable bonds is 7. The predicted octanol–water partition coefficient (Wildman–Crippen LogP) is 3.81. The first-order valence-corrected chi connectivity index (χ1v) is 11.0. The highest BCUT2D eigenvalue weighted by Crippen LogP contribution is 2.24. The molecule has 2 aromatic rings. The fourth-order valence-corrected chi connectivity index (χ4v) is 4.14. The number of hydrogen-bond donors (Lipinski definition) is 2. The lowest BCUT2D eigenvalue weighted by molar-refractivity contribution is -0.139. The number of aliphatic carboxylic acids is 1. The molecule has 0 aliphatic carbocycles. The van der Waals surface area contributed by atoms with Crippen LogP contribution in [0, 0.1) is 0 Å². The number of piperidine rings is 1. The maximum atomic E-state index is 12.5. The Kier molecular flexibility index (Phi) is 7.99. The molecule has 1 aliphatic heterocycles. The van der Waals surface area contributed by atoms with Crippen LogP contribution in [0.25, 0.3) is 0 Å². The van der Waals surface area contributed by atoms with Crippen molar-refractivity contribution in [1.82, 2.24) is 10.2 Å². The zero-order valence-corrected chi connectivity index (χ0v) is 19.0. The number of ether oxygens (including phenoxy) is 1. The molecule has 1 saturated heterocycles. The molecule has 9 heteroatoms. The summed E-state index contributed by atoms with van der Waals surface area (Å²) in [5, 5.41) is 12.3. The van der Waals surface area contributed by atoms with E-state index in [-0.39, 0.29) is 34.0 Å². The monoisotopic (exact) mass is 478 g/mol. The molecular weight excluding hydrogens is 455 g/mol. The van der Waals surface area contributed by atoms with Gasteiger partial charge >= 0.3 is 5.97 Å². The first-order chi connectivity index (χ1) is 15.2. The first-order valence-electron chi connectivity index (χ1n) is 10.2. The maximum Gasteiger partial charge on any atom is 0.326 e. The van der Waals surface area contributed by atoms with Crippen LogP contribution in [-0.2, 0) is 16.0 Å². The quantitative estimate of drug-likeness (QED) is 0.630. The van der Waals surface area contributed by atoms with Crippen molar-refractivity contribution in [2.75, 3.05) is 13.1 Å². The molecule has 1 aliphatic rings. The molecule has 7 nitrogen and oxygen atoms in total. The minimum atomic E-state index is -1.17. The number of carboxylic acid groups (broad SMARTS) is 1. The summed E-state index contributed by atoms with van der Waals surface area (Å²) in [5.41, 5.74) is 0.767. The van der Waals surface area contributed by atoms with Crippen LogP contribution < -0.4 is 10.1 Å². The summed E-state index contributed by atoms with van der Waals surface area (Å²) >= 11 is 12.1. The van der Waals surface area contributed by atoms with Crippen LogP contribution >= 0.6 is 23.2 Å². The Hall–Kier alpha value is -2.77. The Morgan fingerprint density at radius 3 is 2.22 bits per heavy atom. The summed E-state index contributed by atoms with van der Waals surface area (Å²) in [6.45, 7) is 2.91. The number of carbonyl (C=O) groups is 3. The zero-order chi connectivity index (χ0) is 23.3. The molecule has 2 N–H and O–H groups in total. The fraction of sp³-hybridized carbons (Fsp3) is 0.348. The summed E-state index contributed by atoms with van der Waals surface area (Å²) in [4.78, 5) is 37.5. The first kappa shape index (κ1) is 23.9. The van der Waals surface area contributed by atoms with Crippen LogP contribution in [0.1, 0.15) is 35.7 Å². The molecule has 0 spiro atoms. The second kappa shape index (κ2) is 10.7. The Morgan fingerprint density at radius 2 is 1.69 bits per heavy atom. The molecule has 0 unspecified atom stereocenters. The van der Waals surface area contributed by atoms with Gasteiger partial charge in [0.2, 0.25) is 5.91 Å². The van der Waals surface area contributed by atoms with E-state index < -0.39 is 17.9 Å². The van der Waals surface area contributed by atoms with Crippen molar-refractivity contribution in [3.05, 3.63) is 63.6 Å². The van der Waals surface area contributed by atoms with Crippen LogP contribution in [0.2, 0.25) is 10.0 Å². The average molecular weight is 479 g/mol. The van der Waals surface area contributed by atoms with Gasteiger partial charge in [-0.05, 0) is 29.8 Å². The van der Waals surface area contributed by atoms with Crippen LogP contribution in [0.5, 0.6) is 5.75 Å². The molecule has 2 amide bonds. The summed E-state index contributed by atoms with van der Waals surface area (Å²) in [5.74, 6) is -1.07. The van der Waals surface area contributed by atoms with Crippen LogP contribution in [0.4, 0.5) is 0 Å². The van der Waals surface area contributed by atoms with Gasteiger partial charge in [-0.15, -0.1) is 0 Å². The Balaban J connectivity index is 1.59. The van der Waals surface area contributed by atoms with Crippen LogP contribution in [-0.4, -0.2) is 53.0 Å². The highest BCUT2D eigenvalue weighted by molar-refractivity contribution is 6.39. The molecule has 32 heavy (non-hydrogen) atoms. The topological polar surface area (TPSA) is 95.9 Å². The van der Waals surface area contributed by atoms with Crippen molar-refractivity contribution in [1.29, 1.82) is 0 Å². The Morgan fingerprint density at radius 1 is 1.09 bits per heavy atom. The van der Waals surface area contributed by atoms with Gasteiger partial charge in [0.05, 0.1) is 15.6 Å². The normalized spacial score (nSPS) is 15.2. The van der Waals surface area contributed by atoms with Gasteiger partial charge in [0.15, 0.2) is 0 Å². The van der Waals surface area contributed by atoms with E-state index in [4.69, 9.17) is 27.9 Å². The smallest absolute Gasteiger partial charge is 0.326 e. The van der Waals surface area contributed by atoms with Gasteiger partial charge in [-0.25, -0.2) is 4.79 Å². The molecule has 0 aromatic heterocycles. The molecule has 2 aromatic carbocycles. The number of carboxylic acids is 1. The van der Waals surface area contributed by atoms with Crippen molar-refractivity contribution in [2.24, 2.45) is 0 Å². The molecule has 0 radical (unpaired) electrons. The summed E-state index contributed by atoms with van der Waals surface area (Å²) in [7, 11) is 0. The van der Waals surface area contributed by atoms with E-state index in [9.17, 15) is 19.5 Å². The van der Waals surface area contributed by atoms with Gasteiger partial charge in [-0.3, -0.25) is 9.59 Å². The van der Waals surface area contributed by atoms with Gasteiger partial charge in [0, 0.05) is 39.3 Å². The number of carbonyl (C=O) groups excluding carboxylic acids is 2. The Bertz CT molecular complexity index is 968. The number of halogens is 2. The van der Waals surface area contributed by atoms with Crippen molar-refractivity contribution >= 4 is 41.0 Å². The lowest BCUT2D eigenvalue weighted by atomic mass is 10.0. The third-order valence-electron chi connectivity index (χ3n) is 5.35. The van der Waals surface area contributed by atoms with Gasteiger partial charge in [-0.2, -0.15) is 0 Å². The number of amides is 2. The van der Waals surface area contributed by atoms with Gasteiger partial charge in [0.1, 0.15) is 17.9 Å². The van der Waals surface area contributed by atoms with E-state index in [1.165, 1.54) is 12.1 Å². The number of nitrogens with one attached hydrogen (secondary N) is 1. The van der Waals surface area contributed by atoms with E-state index in [0.717, 1.165) is 18.4 Å². The van der Waals surface area contributed by atoms with Crippen molar-refractivity contribution < 1.29 is 24.2 Å². The second-order valence-corrected chi connectivity index (χ2v) is 8.45. The summed E-state index contributed by atoms with van der Waals surface area (Å²) < 4.78 is 5.99. The molecule has 0 saturated carbocycles. The third-order valence-corrected chi connectivity index (χ3v) is 5.98. The van der Waals surface area contributed by atoms with E-state index in [0.29, 0.717) is 18.8 Å². The predicted molar refractivity (Wildman–Crippen MR) is 121 cm³/mol. The van der Waals surface area contributed by atoms with E-state index in [1.54, 1.807) is 42.2 Å². The molecule has 0 bridgehead atoms. The van der Waals surface area contributed by atoms with E-state index in [1.807, 2.05) is 0 Å². The van der Waals surface area contributed by atoms with E-state index in [2.05, 4.69) is 5.32 Å². The van der Waals surface area contributed by atoms with Gasteiger partial charge in [0.25, 0.3) is 5.91 Å². The number of likely N-dealkylation sites (tertiary alicyclic amines) is 1. The van der Waals surface area contributed by atoms with Gasteiger partial charge in [-0.1, -0.05) is 41.4 Å². The van der Waals surface area contributed by atoms with Crippen LogP contribution in [0.3, 0.4) is 0 Å². The lowest BCUT2D eigenvalue weighted by Crippen LogP contribution is -2.42. The largest absolute Gasteiger partial charge is 0.490 e. The van der Waals surface area contributed by atoms with Crippen molar-refractivity contribution in [3.8, 4) is 5.75 Å². The fourth-order valence-electron chi connectivity index (χ4n) is 3.57. The molecular formula is C23H24Cl2N2O5. The Labute approximate surface area is 196 Å². The highest BCUT2D eigenvalue weighted by atomic mass is 35.5. The number of nitrogens with zero attached hydrogens (tertiary/aromatic N) is 1. The lowest BCUT2D eigenvalue weighted by Gasteiger charge is -2.31. The zero-order valence-electron chi connectivity index (χ0n) is 17.5. The van der Waals surface area contributed by atoms with Crippen LogP contribution in [0.15, 0.2) is 42.5 Å². The minimum absolute atomic E-state index is 0.0304. The van der Waals surface area contributed by atoms with Crippen molar-refractivity contribution in [2.45, 2.75) is 38.3 Å². The highest BCUT2D eigenvalue weighted by Gasteiger charge is 2.24. The number of hydrogen-bond acceptors (Lipinski definition) is 4.